The molecule has 0 bridgehead atoms. The van der Waals surface area contributed by atoms with Gasteiger partial charge in [-0.2, -0.15) is 0 Å². The lowest BCUT2D eigenvalue weighted by Crippen LogP contribution is -2.39. The molecule has 23 heavy (non-hydrogen) atoms. The molecule has 4 nitrogen and oxygen atoms in total. The van der Waals surface area contributed by atoms with Crippen molar-refractivity contribution < 1.29 is 9.59 Å². The van der Waals surface area contributed by atoms with Crippen molar-refractivity contribution in [2.75, 3.05) is 13.1 Å². The van der Waals surface area contributed by atoms with E-state index in [2.05, 4.69) is 11.4 Å². The Morgan fingerprint density at radius 1 is 1.17 bits per heavy atom. The first-order chi connectivity index (χ1) is 11.1. The monoisotopic (exact) mass is 314 g/mol. The summed E-state index contributed by atoms with van der Waals surface area (Å²) in [6.07, 6.45) is 8.08. The van der Waals surface area contributed by atoms with Crippen LogP contribution in [0.3, 0.4) is 0 Å². The van der Waals surface area contributed by atoms with Gasteiger partial charge >= 0.3 is 0 Å². The molecule has 0 unspecified atom stereocenters. The first kappa shape index (κ1) is 17.3. The molecule has 1 aromatic rings. The number of rotatable bonds is 7. The maximum Gasteiger partial charge on any atom is 0.239 e. The van der Waals surface area contributed by atoms with Crippen LogP contribution in [0.5, 0.6) is 0 Å². The molecule has 0 radical (unpaired) electrons. The largest absolute Gasteiger partial charge is 0.354 e. The van der Waals surface area contributed by atoms with Crippen LogP contribution < -0.4 is 5.32 Å². The molecular formula is C19H26N2O2. The molecule has 0 fully saturated rings. The minimum atomic E-state index is -0.0902. The van der Waals surface area contributed by atoms with Crippen molar-refractivity contribution in [3.05, 3.63) is 47.5 Å². The van der Waals surface area contributed by atoms with Gasteiger partial charge in [-0.3, -0.25) is 9.59 Å². The van der Waals surface area contributed by atoms with Crippen LogP contribution in [0, 0.1) is 0 Å². The van der Waals surface area contributed by atoms with Crippen LogP contribution in [0.25, 0.3) is 0 Å². The highest BCUT2D eigenvalue weighted by atomic mass is 16.2. The van der Waals surface area contributed by atoms with Crippen LogP contribution >= 0.6 is 0 Å². The highest BCUT2D eigenvalue weighted by Gasteiger charge is 2.14. The average Bonchev–Trinajstić information content (AvgIpc) is 2.56. The first-order valence-electron chi connectivity index (χ1n) is 8.39. The van der Waals surface area contributed by atoms with Gasteiger partial charge in [-0.15, -0.1) is 0 Å². The molecule has 0 saturated carbocycles. The number of hydrogen-bond acceptors (Lipinski definition) is 2. The quantitative estimate of drug-likeness (QED) is 0.786. The lowest BCUT2D eigenvalue weighted by atomic mass is 9.97. The number of benzene rings is 1. The maximum absolute atomic E-state index is 12.1. The van der Waals surface area contributed by atoms with Crippen molar-refractivity contribution in [3.8, 4) is 0 Å². The molecule has 0 aromatic heterocycles. The fourth-order valence-corrected chi connectivity index (χ4v) is 2.81. The first-order valence-corrected chi connectivity index (χ1v) is 8.39. The van der Waals surface area contributed by atoms with Gasteiger partial charge in [-0.05, 0) is 37.7 Å². The number of carbonyl (C=O) groups excluding carboxylic acids is 2. The summed E-state index contributed by atoms with van der Waals surface area (Å²) in [7, 11) is 0. The van der Waals surface area contributed by atoms with Crippen molar-refractivity contribution >= 4 is 11.8 Å². The minimum absolute atomic E-state index is 0.0843. The van der Waals surface area contributed by atoms with Crippen LogP contribution in [-0.4, -0.2) is 29.8 Å². The van der Waals surface area contributed by atoms with Crippen LogP contribution in [0.2, 0.25) is 0 Å². The van der Waals surface area contributed by atoms with Gasteiger partial charge in [-0.1, -0.05) is 42.0 Å². The van der Waals surface area contributed by atoms with Crippen LogP contribution in [0.4, 0.5) is 0 Å². The second kappa shape index (κ2) is 9.13. The number of nitrogens with one attached hydrogen (secondary N) is 1. The molecule has 0 saturated heterocycles. The Bertz CT molecular complexity index is 552. The SMILES string of the molecule is CC(=O)N(CC(=O)NCCC1=CCCCC1)Cc1ccccc1. The average molecular weight is 314 g/mol. The molecule has 0 spiro atoms. The number of allylic oxidation sites excluding steroid dienone is 1. The van der Waals surface area contributed by atoms with E-state index in [9.17, 15) is 9.59 Å². The molecule has 1 aliphatic carbocycles. The smallest absolute Gasteiger partial charge is 0.239 e. The summed E-state index contributed by atoms with van der Waals surface area (Å²) in [6.45, 7) is 2.74. The molecule has 2 rings (SSSR count). The molecule has 2 amide bonds. The van der Waals surface area contributed by atoms with Gasteiger partial charge < -0.3 is 10.2 Å². The summed E-state index contributed by atoms with van der Waals surface area (Å²) in [5, 5.41) is 2.93. The summed E-state index contributed by atoms with van der Waals surface area (Å²) < 4.78 is 0. The van der Waals surface area contributed by atoms with Crippen molar-refractivity contribution in [1.29, 1.82) is 0 Å². The lowest BCUT2D eigenvalue weighted by Gasteiger charge is -2.21. The van der Waals surface area contributed by atoms with Crippen LogP contribution in [-0.2, 0) is 16.1 Å². The van der Waals surface area contributed by atoms with Gasteiger partial charge in [0, 0.05) is 20.0 Å². The second-order valence-corrected chi connectivity index (χ2v) is 6.07. The zero-order chi connectivity index (χ0) is 16.5. The van der Waals surface area contributed by atoms with E-state index in [1.165, 1.54) is 31.8 Å². The maximum atomic E-state index is 12.1. The van der Waals surface area contributed by atoms with Crippen molar-refractivity contribution in [1.82, 2.24) is 10.2 Å². The molecule has 0 heterocycles. The van der Waals surface area contributed by atoms with E-state index in [-0.39, 0.29) is 18.4 Å². The fourth-order valence-electron chi connectivity index (χ4n) is 2.81. The fraction of sp³-hybridized carbons (Fsp3) is 0.474. The van der Waals surface area contributed by atoms with E-state index in [1.807, 2.05) is 30.3 Å². The third-order valence-corrected chi connectivity index (χ3v) is 4.15. The zero-order valence-electron chi connectivity index (χ0n) is 13.9. The topological polar surface area (TPSA) is 49.4 Å². The molecule has 124 valence electrons. The molecular weight excluding hydrogens is 288 g/mol. The molecule has 1 aromatic carbocycles. The summed E-state index contributed by atoms with van der Waals surface area (Å²) in [6, 6.07) is 9.73. The van der Waals surface area contributed by atoms with Gasteiger partial charge in [0.1, 0.15) is 0 Å². The summed E-state index contributed by atoms with van der Waals surface area (Å²) in [4.78, 5) is 25.4. The van der Waals surface area contributed by atoms with Gasteiger partial charge in [0.2, 0.25) is 11.8 Å². The van der Waals surface area contributed by atoms with Crippen LogP contribution in [0.1, 0.15) is 44.6 Å². The van der Waals surface area contributed by atoms with E-state index in [0.29, 0.717) is 13.1 Å². The van der Waals surface area contributed by atoms with Crippen molar-refractivity contribution in [2.45, 2.75) is 45.6 Å². The Hall–Kier alpha value is -2.10. The Balaban J connectivity index is 1.76. The van der Waals surface area contributed by atoms with Gasteiger partial charge in [0.25, 0.3) is 0 Å². The van der Waals surface area contributed by atoms with Gasteiger partial charge in [0.05, 0.1) is 6.54 Å². The number of hydrogen-bond donors (Lipinski definition) is 1. The predicted molar refractivity (Wildman–Crippen MR) is 91.7 cm³/mol. The van der Waals surface area contributed by atoms with E-state index in [0.717, 1.165) is 18.4 Å². The molecule has 1 aliphatic rings. The number of carbonyl (C=O) groups is 2. The zero-order valence-corrected chi connectivity index (χ0v) is 13.9. The molecule has 1 N–H and O–H groups in total. The molecule has 0 aliphatic heterocycles. The second-order valence-electron chi connectivity index (χ2n) is 6.07. The predicted octanol–water partition coefficient (Wildman–Crippen LogP) is 3.04. The Labute approximate surface area is 138 Å². The highest BCUT2D eigenvalue weighted by Crippen LogP contribution is 2.19. The standard InChI is InChI=1S/C19H26N2O2/c1-16(22)21(14-18-10-6-3-7-11-18)15-19(23)20-13-12-17-8-4-2-5-9-17/h3,6-8,10-11H,2,4-5,9,12-15H2,1H3,(H,20,23). The minimum Gasteiger partial charge on any atom is -0.354 e. The lowest BCUT2D eigenvalue weighted by molar-refractivity contribution is -0.134. The van der Waals surface area contributed by atoms with E-state index in [4.69, 9.17) is 0 Å². The summed E-state index contributed by atoms with van der Waals surface area (Å²) in [5.74, 6) is -0.175. The van der Waals surface area contributed by atoms with Gasteiger partial charge in [0.15, 0.2) is 0 Å². The van der Waals surface area contributed by atoms with E-state index in [1.54, 1.807) is 4.90 Å². The van der Waals surface area contributed by atoms with Crippen LogP contribution in [0.15, 0.2) is 42.0 Å². The Morgan fingerprint density at radius 2 is 1.96 bits per heavy atom. The Morgan fingerprint density at radius 3 is 2.61 bits per heavy atom. The van der Waals surface area contributed by atoms with Crippen molar-refractivity contribution in [2.24, 2.45) is 0 Å². The third kappa shape index (κ3) is 6.27. The normalized spacial score (nSPS) is 14.0. The summed E-state index contributed by atoms with van der Waals surface area (Å²) >= 11 is 0. The van der Waals surface area contributed by atoms with Gasteiger partial charge in [-0.25, -0.2) is 0 Å². The summed E-state index contributed by atoms with van der Waals surface area (Å²) in [5.41, 5.74) is 2.48. The van der Waals surface area contributed by atoms with E-state index < -0.39 is 0 Å². The molecule has 0 atom stereocenters. The number of nitrogens with zero attached hydrogens (tertiary/aromatic N) is 1. The third-order valence-electron chi connectivity index (χ3n) is 4.15. The molecule has 4 heteroatoms. The van der Waals surface area contributed by atoms with E-state index >= 15 is 0 Å². The van der Waals surface area contributed by atoms with Crippen molar-refractivity contribution in [3.63, 3.8) is 0 Å². The number of amides is 2. The highest BCUT2D eigenvalue weighted by molar-refractivity contribution is 5.83. The Kier molecular flexibility index (Phi) is 6.85.